The van der Waals surface area contributed by atoms with Gasteiger partial charge in [-0.05, 0) is 24.3 Å². The molecule has 0 saturated heterocycles. The topological polar surface area (TPSA) is 46.2 Å². The number of hydrogen-bond donors (Lipinski definition) is 1. The van der Waals surface area contributed by atoms with Crippen LogP contribution in [-0.4, -0.2) is 59.3 Å². The number of thioether (sulfide) groups is 1. The van der Waals surface area contributed by atoms with Crippen molar-refractivity contribution in [3.05, 3.63) is 43.5 Å². The van der Waals surface area contributed by atoms with Crippen LogP contribution in [0.25, 0.3) is 0 Å². The zero-order valence-electron chi connectivity index (χ0n) is 17.0. The third-order valence-electron chi connectivity index (χ3n) is 3.78. The van der Waals surface area contributed by atoms with Gasteiger partial charge in [-0.25, -0.2) is 0 Å². The van der Waals surface area contributed by atoms with Gasteiger partial charge in [-0.3, -0.25) is 0 Å². The molecule has 8 heteroatoms. The summed E-state index contributed by atoms with van der Waals surface area (Å²) in [6, 6.07) is 12.5. The second-order valence-corrected chi connectivity index (χ2v) is 10.2. The van der Waals surface area contributed by atoms with E-state index in [2.05, 4.69) is 36.9 Å². The number of thiol groups is 1. The molecule has 0 saturated carbocycles. The number of halogens is 1. The maximum atomic E-state index is 5.57. The van der Waals surface area contributed by atoms with Crippen molar-refractivity contribution >= 4 is 24.4 Å². The molecule has 29 heavy (non-hydrogen) atoms. The first-order chi connectivity index (χ1) is 14.2. The van der Waals surface area contributed by atoms with Gasteiger partial charge in [0, 0.05) is 28.5 Å². The maximum Gasteiger partial charge on any atom is 0.366 e. The summed E-state index contributed by atoms with van der Waals surface area (Å²) in [5.41, 5.74) is 0. The van der Waals surface area contributed by atoms with E-state index in [1.807, 2.05) is 12.1 Å². The fourth-order valence-electron chi connectivity index (χ4n) is 2.36. The number of ether oxygens (including phenoxy) is 5. The van der Waals surface area contributed by atoms with E-state index < -0.39 is 21.2 Å². The summed E-state index contributed by atoms with van der Waals surface area (Å²) in [6.45, 7) is 2.64. The SMILES string of the molecule is COc1cc(OC)c([I+]c2ccc(SCCOCCOCCS)cc2)c(OC)c1. The van der Waals surface area contributed by atoms with Crippen LogP contribution in [0.1, 0.15) is 0 Å². The highest BCUT2D eigenvalue weighted by atomic mass is 127. The average molecular weight is 551 g/mol. The van der Waals surface area contributed by atoms with Crippen molar-refractivity contribution in [2.24, 2.45) is 0 Å². The Morgan fingerprint density at radius 2 is 1.45 bits per heavy atom. The lowest BCUT2D eigenvalue weighted by Gasteiger charge is -2.08. The monoisotopic (exact) mass is 551 g/mol. The fourth-order valence-corrected chi connectivity index (χ4v) is 5.88. The third-order valence-corrected chi connectivity index (χ3v) is 7.88. The molecule has 0 radical (unpaired) electrons. The van der Waals surface area contributed by atoms with Crippen LogP contribution >= 0.6 is 24.4 Å². The van der Waals surface area contributed by atoms with E-state index in [1.165, 1.54) is 8.47 Å². The molecule has 0 aromatic heterocycles. The molecule has 0 aliphatic rings. The standard InChI is InChI=1S/C21H27IO5S2/c1-23-17-14-19(24-2)21(20(15-17)25-3)22-16-4-6-18(7-5-16)29-13-11-27-9-8-26-10-12-28/h4-7,14-15H,8-13H2,1-3H3/p+1. The van der Waals surface area contributed by atoms with Crippen molar-refractivity contribution in [3.8, 4) is 17.2 Å². The first-order valence-electron chi connectivity index (χ1n) is 9.15. The van der Waals surface area contributed by atoms with Gasteiger partial charge in [-0.15, -0.1) is 11.8 Å². The summed E-state index contributed by atoms with van der Waals surface area (Å²) < 4.78 is 29.8. The van der Waals surface area contributed by atoms with Crippen molar-refractivity contribution in [1.82, 2.24) is 0 Å². The molecular weight excluding hydrogens is 523 g/mol. The molecule has 160 valence electrons. The summed E-state index contributed by atoms with van der Waals surface area (Å²) in [5, 5.41) is 0. The van der Waals surface area contributed by atoms with Gasteiger partial charge in [0.05, 0.1) is 47.8 Å². The smallest absolute Gasteiger partial charge is 0.366 e. The Morgan fingerprint density at radius 3 is 2.00 bits per heavy atom. The number of benzene rings is 2. The number of rotatable bonds is 14. The molecule has 0 bridgehead atoms. The summed E-state index contributed by atoms with van der Waals surface area (Å²) >= 11 is 5.45. The van der Waals surface area contributed by atoms with Crippen LogP contribution in [0.2, 0.25) is 0 Å². The predicted molar refractivity (Wildman–Crippen MR) is 116 cm³/mol. The molecule has 0 unspecified atom stereocenters. The van der Waals surface area contributed by atoms with Gasteiger partial charge in [0.25, 0.3) is 3.57 Å². The Labute approximate surface area is 193 Å². The Bertz CT molecular complexity index is 703. The molecule has 0 atom stereocenters. The molecule has 2 aromatic rings. The maximum absolute atomic E-state index is 5.57. The third kappa shape index (κ3) is 8.45. The molecule has 2 rings (SSSR count). The Balaban J connectivity index is 1.86. The molecule has 5 nitrogen and oxygen atoms in total. The van der Waals surface area contributed by atoms with Gasteiger partial charge in [0.1, 0.15) is 5.75 Å². The molecular formula is C21H28IO5S2+. The largest absolute Gasteiger partial charge is 0.496 e. The summed E-state index contributed by atoms with van der Waals surface area (Å²) in [5.74, 6) is 4.01. The summed E-state index contributed by atoms with van der Waals surface area (Å²) in [6.07, 6.45) is 0. The quantitative estimate of drug-likeness (QED) is 0.163. The molecule has 0 N–H and O–H groups in total. The molecule has 0 amide bonds. The fraction of sp³-hybridized carbons (Fsp3) is 0.429. The number of methoxy groups -OCH3 is 3. The van der Waals surface area contributed by atoms with Gasteiger partial charge in [0.2, 0.25) is 0 Å². The molecule has 0 heterocycles. The Hall–Kier alpha value is -0.810. The van der Waals surface area contributed by atoms with Crippen molar-refractivity contribution in [3.63, 3.8) is 0 Å². The lowest BCUT2D eigenvalue weighted by atomic mass is 10.3. The minimum absolute atomic E-state index is 0.445. The second-order valence-electron chi connectivity index (χ2n) is 5.69. The van der Waals surface area contributed by atoms with Crippen LogP contribution in [0.15, 0.2) is 41.3 Å². The van der Waals surface area contributed by atoms with Crippen molar-refractivity contribution in [2.45, 2.75) is 4.90 Å². The summed E-state index contributed by atoms with van der Waals surface area (Å²) in [4.78, 5) is 1.24. The minimum Gasteiger partial charge on any atom is -0.496 e. The molecule has 2 aromatic carbocycles. The average Bonchev–Trinajstić information content (AvgIpc) is 2.76. The van der Waals surface area contributed by atoms with Crippen molar-refractivity contribution < 1.29 is 44.9 Å². The molecule has 0 fully saturated rings. The van der Waals surface area contributed by atoms with Gasteiger partial charge in [-0.1, -0.05) is 0 Å². The zero-order valence-corrected chi connectivity index (χ0v) is 20.8. The Morgan fingerprint density at radius 1 is 0.828 bits per heavy atom. The minimum atomic E-state index is -0.445. The van der Waals surface area contributed by atoms with E-state index in [0.29, 0.717) is 26.4 Å². The normalized spacial score (nSPS) is 10.8. The second kappa shape index (κ2) is 14.2. The van der Waals surface area contributed by atoms with E-state index >= 15 is 0 Å². The van der Waals surface area contributed by atoms with Crippen LogP contribution in [0.4, 0.5) is 0 Å². The predicted octanol–water partition coefficient (Wildman–Crippen LogP) is 0.896. The van der Waals surface area contributed by atoms with Gasteiger partial charge in [0.15, 0.2) is 15.1 Å². The molecule has 0 spiro atoms. The van der Waals surface area contributed by atoms with E-state index in [1.54, 1.807) is 33.1 Å². The van der Waals surface area contributed by atoms with Crippen LogP contribution in [-0.2, 0) is 9.47 Å². The van der Waals surface area contributed by atoms with Crippen molar-refractivity contribution in [2.75, 3.05) is 59.3 Å². The van der Waals surface area contributed by atoms with Crippen LogP contribution in [0.3, 0.4) is 0 Å². The van der Waals surface area contributed by atoms with Crippen LogP contribution < -0.4 is 35.4 Å². The van der Waals surface area contributed by atoms with Crippen LogP contribution in [0.5, 0.6) is 17.2 Å². The first-order valence-corrected chi connectivity index (χ1v) is 12.9. The lowest BCUT2D eigenvalue weighted by Crippen LogP contribution is -3.61. The highest BCUT2D eigenvalue weighted by molar-refractivity contribution is 7.99. The van der Waals surface area contributed by atoms with Crippen LogP contribution in [0, 0.1) is 7.14 Å². The lowest BCUT2D eigenvalue weighted by molar-refractivity contribution is -0.598. The summed E-state index contributed by atoms with van der Waals surface area (Å²) in [7, 11) is 4.99. The molecule has 0 aliphatic carbocycles. The Kier molecular flexibility index (Phi) is 12.0. The van der Waals surface area contributed by atoms with E-state index in [-0.39, 0.29) is 0 Å². The number of hydrogen-bond acceptors (Lipinski definition) is 7. The highest BCUT2D eigenvalue weighted by Crippen LogP contribution is 2.27. The zero-order chi connectivity index (χ0) is 20.9. The molecule has 0 aliphatic heterocycles. The van der Waals surface area contributed by atoms with Gasteiger partial charge < -0.3 is 23.7 Å². The van der Waals surface area contributed by atoms with E-state index in [9.17, 15) is 0 Å². The first kappa shape index (κ1) is 24.5. The van der Waals surface area contributed by atoms with Gasteiger partial charge in [-0.2, -0.15) is 12.6 Å². The van der Waals surface area contributed by atoms with E-state index in [4.69, 9.17) is 23.7 Å². The van der Waals surface area contributed by atoms with Crippen molar-refractivity contribution in [1.29, 1.82) is 0 Å². The van der Waals surface area contributed by atoms with Gasteiger partial charge >= 0.3 is 21.2 Å². The highest BCUT2D eigenvalue weighted by Gasteiger charge is 2.27. The van der Waals surface area contributed by atoms with E-state index in [0.717, 1.165) is 32.3 Å².